The molecule has 30 heavy (non-hydrogen) atoms. The highest BCUT2D eigenvalue weighted by Crippen LogP contribution is 2.26. The standard InChI is InChI=1S/C25H32IN3O/c1-3-4-5-21(14-18(2)16-27-17-19-6-9-22(30)10-7-19)29-24-12-13-28-25-15-20(26)8-11-23(24)25/h6-13,15,18,21,27,30H,3-5,14,16-17H2,1-2H3,(H,28,29). The zero-order chi connectivity index (χ0) is 21.3. The van der Waals surface area contributed by atoms with Gasteiger partial charge in [0, 0.05) is 33.4 Å². The number of aromatic hydroxyl groups is 1. The van der Waals surface area contributed by atoms with E-state index in [1.54, 1.807) is 12.1 Å². The molecule has 0 aliphatic heterocycles. The summed E-state index contributed by atoms with van der Waals surface area (Å²) in [5, 5.41) is 18.0. The third-order valence-electron chi connectivity index (χ3n) is 5.42. The molecule has 0 bridgehead atoms. The number of halogens is 1. The lowest BCUT2D eigenvalue weighted by molar-refractivity contribution is 0.429. The number of pyridine rings is 1. The Balaban J connectivity index is 1.59. The molecule has 0 aliphatic rings. The zero-order valence-electron chi connectivity index (χ0n) is 17.9. The molecule has 0 radical (unpaired) electrons. The van der Waals surface area contributed by atoms with Crippen molar-refractivity contribution in [3.63, 3.8) is 0 Å². The molecule has 1 aromatic heterocycles. The van der Waals surface area contributed by atoms with Crippen molar-refractivity contribution in [2.24, 2.45) is 5.92 Å². The van der Waals surface area contributed by atoms with Crippen molar-refractivity contribution in [2.75, 3.05) is 11.9 Å². The van der Waals surface area contributed by atoms with Crippen LogP contribution in [0.1, 0.15) is 45.1 Å². The van der Waals surface area contributed by atoms with Crippen LogP contribution >= 0.6 is 22.6 Å². The largest absolute Gasteiger partial charge is 0.508 e. The van der Waals surface area contributed by atoms with Crippen LogP contribution in [0.2, 0.25) is 0 Å². The fraction of sp³-hybridized carbons (Fsp3) is 0.400. The van der Waals surface area contributed by atoms with Gasteiger partial charge in [-0.3, -0.25) is 4.98 Å². The average Bonchev–Trinajstić information content (AvgIpc) is 2.73. The van der Waals surface area contributed by atoms with Crippen LogP contribution in [0.25, 0.3) is 10.9 Å². The summed E-state index contributed by atoms with van der Waals surface area (Å²) in [6.45, 7) is 6.37. The van der Waals surface area contributed by atoms with Crippen LogP contribution in [0.15, 0.2) is 54.7 Å². The van der Waals surface area contributed by atoms with Crippen LogP contribution in [0.5, 0.6) is 5.75 Å². The van der Waals surface area contributed by atoms with E-state index in [-0.39, 0.29) is 0 Å². The summed E-state index contributed by atoms with van der Waals surface area (Å²) < 4.78 is 1.21. The van der Waals surface area contributed by atoms with Crippen LogP contribution in [-0.4, -0.2) is 22.7 Å². The van der Waals surface area contributed by atoms with E-state index in [0.717, 1.165) is 25.0 Å². The Bertz CT molecular complexity index is 929. The molecule has 0 amide bonds. The number of rotatable bonds is 11. The zero-order valence-corrected chi connectivity index (χ0v) is 20.0. The predicted octanol–water partition coefficient (Wildman–Crippen LogP) is 6.33. The average molecular weight is 517 g/mol. The lowest BCUT2D eigenvalue weighted by Crippen LogP contribution is -2.28. The van der Waals surface area contributed by atoms with Crippen LogP contribution < -0.4 is 10.6 Å². The van der Waals surface area contributed by atoms with Gasteiger partial charge in [-0.05, 0) is 89.9 Å². The summed E-state index contributed by atoms with van der Waals surface area (Å²) in [6, 6.07) is 16.4. The minimum absolute atomic E-state index is 0.315. The summed E-state index contributed by atoms with van der Waals surface area (Å²) in [6.07, 6.45) is 6.64. The van der Waals surface area contributed by atoms with Crippen molar-refractivity contribution < 1.29 is 5.11 Å². The third kappa shape index (κ3) is 6.84. The molecular formula is C25H32IN3O. The molecule has 5 heteroatoms. The molecule has 3 aromatic rings. The fourth-order valence-corrected chi connectivity index (χ4v) is 4.29. The molecule has 4 nitrogen and oxygen atoms in total. The van der Waals surface area contributed by atoms with Crippen molar-refractivity contribution in [2.45, 2.75) is 52.1 Å². The third-order valence-corrected chi connectivity index (χ3v) is 6.09. The highest BCUT2D eigenvalue weighted by atomic mass is 127. The second-order valence-electron chi connectivity index (χ2n) is 8.14. The predicted molar refractivity (Wildman–Crippen MR) is 135 cm³/mol. The first-order chi connectivity index (χ1) is 14.5. The van der Waals surface area contributed by atoms with Gasteiger partial charge in [0.15, 0.2) is 0 Å². The van der Waals surface area contributed by atoms with Crippen LogP contribution in [0, 0.1) is 9.49 Å². The van der Waals surface area contributed by atoms with Crippen molar-refractivity contribution in [1.29, 1.82) is 0 Å². The van der Waals surface area contributed by atoms with Crippen molar-refractivity contribution in [1.82, 2.24) is 10.3 Å². The number of aromatic nitrogens is 1. The number of unbranched alkanes of at least 4 members (excludes halogenated alkanes) is 1. The number of phenols is 1. The number of hydrogen-bond donors (Lipinski definition) is 3. The number of phenolic OH excluding ortho intramolecular Hbond substituents is 1. The van der Waals surface area contributed by atoms with E-state index in [4.69, 9.17) is 0 Å². The van der Waals surface area contributed by atoms with Crippen LogP contribution in [0.4, 0.5) is 5.69 Å². The smallest absolute Gasteiger partial charge is 0.115 e. The molecule has 0 saturated heterocycles. The Kier molecular flexibility index (Phi) is 8.75. The molecule has 1 heterocycles. The van der Waals surface area contributed by atoms with Gasteiger partial charge in [0.1, 0.15) is 5.75 Å². The minimum atomic E-state index is 0.315. The summed E-state index contributed by atoms with van der Waals surface area (Å²) in [5.41, 5.74) is 3.42. The fourth-order valence-electron chi connectivity index (χ4n) is 3.81. The van der Waals surface area contributed by atoms with Crippen LogP contribution in [-0.2, 0) is 6.54 Å². The van der Waals surface area contributed by atoms with E-state index in [1.165, 1.54) is 39.5 Å². The number of benzene rings is 2. The molecule has 2 aromatic carbocycles. The highest BCUT2D eigenvalue weighted by molar-refractivity contribution is 14.1. The molecule has 3 N–H and O–H groups in total. The molecule has 0 fully saturated rings. The molecule has 3 rings (SSSR count). The van der Waals surface area contributed by atoms with Gasteiger partial charge in [-0.1, -0.05) is 38.8 Å². The SMILES string of the molecule is CCCCC(CC(C)CNCc1ccc(O)cc1)Nc1ccnc2cc(I)ccc12. The second-order valence-corrected chi connectivity index (χ2v) is 9.39. The first-order valence-corrected chi connectivity index (χ1v) is 11.9. The first kappa shape index (κ1) is 22.8. The lowest BCUT2D eigenvalue weighted by atomic mass is 9.97. The Morgan fingerprint density at radius 3 is 2.67 bits per heavy atom. The Hall–Kier alpha value is -1.86. The molecule has 2 atom stereocenters. The van der Waals surface area contributed by atoms with E-state index < -0.39 is 0 Å². The molecule has 0 spiro atoms. The number of fused-ring (bicyclic) bond motifs is 1. The Morgan fingerprint density at radius 1 is 1.10 bits per heavy atom. The number of hydrogen-bond acceptors (Lipinski definition) is 4. The summed E-state index contributed by atoms with van der Waals surface area (Å²) in [7, 11) is 0. The summed E-state index contributed by atoms with van der Waals surface area (Å²) in [4.78, 5) is 4.54. The van der Waals surface area contributed by atoms with Gasteiger partial charge in [-0.15, -0.1) is 0 Å². The summed E-state index contributed by atoms with van der Waals surface area (Å²) in [5.74, 6) is 0.876. The maximum Gasteiger partial charge on any atom is 0.115 e. The Labute approximate surface area is 193 Å². The van der Waals surface area contributed by atoms with E-state index in [2.05, 4.69) is 76.3 Å². The second kappa shape index (κ2) is 11.5. The molecule has 2 unspecified atom stereocenters. The van der Waals surface area contributed by atoms with Crippen molar-refractivity contribution in [3.8, 4) is 5.75 Å². The van der Waals surface area contributed by atoms with E-state index in [1.807, 2.05) is 18.3 Å². The van der Waals surface area contributed by atoms with Crippen LogP contribution in [0.3, 0.4) is 0 Å². The molecule has 0 saturated carbocycles. The lowest BCUT2D eigenvalue weighted by Gasteiger charge is -2.24. The van der Waals surface area contributed by atoms with Crippen molar-refractivity contribution >= 4 is 39.2 Å². The molecular weight excluding hydrogens is 485 g/mol. The molecule has 0 aliphatic carbocycles. The maximum atomic E-state index is 9.41. The van der Waals surface area contributed by atoms with E-state index in [9.17, 15) is 5.11 Å². The number of nitrogens with one attached hydrogen (secondary N) is 2. The first-order valence-electron chi connectivity index (χ1n) is 10.8. The topological polar surface area (TPSA) is 57.2 Å². The van der Waals surface area contributed by atoms with Gasteiger partial charge in [0.25, 0.3) is 0 Å². The highest BCUT2D eigenvalue weighted by Gasteiger charge is 2.14. The summed E-state index contributed by atoms with van der Waals surface area (Å²) >= 11 is 2.34. The van der Waals surface area contributed by atoms with Gasteiger partial charge < -0.3 is 15.7 Å². The number of anilines is 1. The Morgan fingerprint density at radius 2 is 1.90 bits per heavy atom. The number of nitrogens with zero attached hydrogens (tertiary/aromatic N) is 1. The monoisotopic (exact) mass is 517 g/mol. The van der Waals surface area contributed by atoms with E-state index >= 15 is 0 Å². The van der Waals surface area contributed by atoms with Crippen molar-refractivity contribution in [3.05, 3.63) is 63.9 Å². The minimum Gasteiger partial charge on any atom is -0.508 e. The van der Waals surface area contributed by atoms with Gasteiger partial charge >= 0.3 is 0 Å². The van der Waals surface area contributed by atoms with Gasteiger partial charge in [-0.25, -0.2) is 0 Å². The van der Waals surface area contributed by atoms with Gasteiger partial charge in [-0.2, -0.15) is 0 Å². The van der Waals surface area contributed by atoms with Gasteiger partial charge in [0.05, 0.1) is 5.52 Å². The quantitative estimate of drug-likeness (QED) is 0.260. The maximum absolute atomic E-state index is 9.41. The molecule has 160 valence electrons. The normalized spacial score (nSPS) is 13.3. The van der Waals surface area contributed by atoms with Gasteiger partial charge in [0.2, 0.25) is 0 Å². The van der Waals surface area contributed by atoms with E-state index in [0.29, 0.717) is 17.7 Å².